The molecule has 0 saturated carbocycles. The highest BCUT2D eigenvalue weighted by Crippen LogP contribution is 2.09. The minimum absolute atomic E-state index is 0.565. The van der Waals surface area contributed by atoms with Crippen molar-refractivity contribution in [2.45, 2.75) is 13.1 Å². The lowest BCUT2D eigenvalue weighted by molar-refractivity contribution is 0.517. The van der Waals surface area contributed by atoms with E-state index < -0.39 is 0 Å². The van der Waals surface area contributed by atoms with E-state index in [9.17, 15) is 0 Å². The summed E-state index contributed by atoms with van der Waals surface area (Å²) in [4.78, 5) is 8.60. The van der Waals surface area contributed by atoms with Gasteiger partial charge in [0.15, 0.2) is 0 Å². The van der Waals surface area contributed by atoms with Crippen LogP contribution in [0.4, 0.5) is 11.8 Å². The molecule has 0 fully saturated rings. The number of furan rings is 1. The maximum Gasteiger partial charge on any atom is 0.224 e. The minimum Gasteiger partial charge on any atom is -0.467 e. The largest absolute Gasteiger partial charge is 0.467 e. The molecular weight excluding hydrogens is 264 g/mol. The molecule has 0 saturated heterocycles. The van der Waals surface area contributed by atoms with E-state index in [0.29, 0.717) is 12.5 Å². The van der Waals surface area contributed by atoms with E-state index in [1.54, 1.807) is 12.5 Å². The van der Waals surface area contributed by atoms with Crippen LogP contribution >= 0.6 is 0 Å². The molecule has 2 aromatic heterocycles. The standard InChI is InChI=1S/C16H16N4O/c1-2-5-13(6-3-1)11-18-15-8-9-17-16(20-15)19-12-14-7-4-10-21-14/h1-10H,11-12H2,(H2,17,18,19,20). The summed E-state index contributed by atoms with van der Waals surface area (Å²) < 4.78 is 5.26. The summed E-state index contributed by atoms with van der Waals surface area (Å²) >= 11 is 0. The highest BCUT2D eigenvalue weighted by molar-refractivity contribution is 5.40. The fraction of sp³-hybridized carbons (Fsp3) is 0.125. The van der Waals surface area contributed by atoms with Crippen LogP contribution in [0.5, 0.6) is 0 Å². The van der Waals surface area contributed by atoms with Crippen molar-refractivity contribution in [3.8, 4) is 0 Å². The molecule has 5 nitrogen and oxygen atoms in total. The summed E-state index contributed by atoms with van der Waals surface area (Å²) in [5, 5.41) is 6.41. The third-order valence-electron chi connectivity index (χ3n) is 2.97. The van der Waals surface area contributed by atoms with Crippen molar-refractivity contribution >= 4 is 11.8 Å². The number of rotatable bonds is 6. The topological polar surface area (TPSA) is 63.0 Å². The molecule has 3 aromatic rings. The Labute approximate surface area is 123 Å². The van der Waals surface area contributed by atoms with Gasteiger partial charge in [0.25, 0.3) is 0 Å². The molecule has 0 aliphatic rings. The fourth-order valence-corrected chi connectivity index (χ4v) is 1.91. The molecule has 3 rings (SSSR count). The summed E-state index contributed by atoms with van der Waals surface area (Å²) in [7, 11) is 0. The second-order valence-electron chi connectivity index (χ2n) is 4.54. The number of hydrogen-bond acceptors (Lipinski definition) is 5. The van der Waals surface area contributed by atoms with Crippen LogP contribution in [-0.4, -0.2) is 9.97 Å². The van der Waals surface area contributed by atoms with Crippen molar-refractivity contribution < 1.29 is 4.42 Å². The Morgan fingerprint density at radius 1 is 0.905 bits per heavy atom. The Morgan fingerprint density at radius 3 is 2.62 bits per heavy atom. The van der Waals surface area contributed by atoms with Gasteiger partial charge in [-0.05, 0) is 23.8 Å². The average molecular weight is 280 g/mol. The first kappa shape index (κ1) is 13.2. The summed E-state index contributed by atoms with van der Waals surface area (Å²) in [5.74, 6) is 2.21. The molecule has 1 aromatic carbocycles. The van der Waals surface area contributed by atoms with E-state index >= 15 is 0 Å². The normalized spacial score (nSPS) is 10.3. The number of nitrogens with zero attached hydrogens (tertiary/aromatic N) is 2. The molecule has 0 aliphatic carbocycles. The van der Waals surface area contributed by atoms with Crippen LogP contribution < -0.4 is 10.6 Å². The van der Waals surface area contributed by atoms with E-state index in [1.165, 1.54) is 5.56 Å². The van der Waals surface area contributed by atoms with E-state index in [2.05, 4.69) is 32.7 Å². The van der Waals surface area contributed by atoms with E-state index in [-0.39, 0.29) is 0 Å². The molecule has 0 bridgehead atoms. The third kappa shape index (κ3) is 3.82. The number of anilines is 2. The smallest absolute Gasteiger partial charge is 0.224 e. The van der Waals surface area contributed by atoms with Crippen molar-refractivity contribution in [1.82, 2.24) is 9.97 Å². The predicted octanol–water partition coefficient (Wildman–Crippen LogP) is 3.29. The maximum atomic E-state index is 5.26. The van der Waals surface area contributed by atoms with Gasteiger partial charge in [-0.25, -0.2) is 4.98 Å². The van der Waals surface area contributed by atoms with Gasteiger partial charge in [0.1, 0.15) is 11.6 Å². The van der Waals surface area contributed by atoms with Gasteiger partial charge < -0.3 is 15.1 Å². The van der Waals surface area contributed by atoms with Crippen LogP contribution in [0.25, 0.3) is 0 Å². The van der Waals surface area contributed by atoms with Gasteiger partial charge in [0.2, 0.25) is 5.95 Å². The van der Waals surface area contributed by atoms with Crippen LogP contribution in [-0.2, 0) is 13.1 Å². The highest BCUT2D eigenvalue weighted by atomic mass is 16.3. The Bertz CT molecular complexity index is 668. The fourth-order valence-electron chi connectivity index (χ4n) is 1.91. The number of benzene rings is 1. The zero-order valence-corrected chi connectivity index (χ0v) is 11.5. The van der Waals surface area contributed by atoms with Gasteiger partial charge in [-0.1, -0.05) is 30.3 Å². The monoisotopic (exact) mass is 280 g/mol. The van der Waals surface area contributed by atoms with Gasteiger partial charge in [0.05, 0.1) is 12.8 Å². The first-order valence-corrected chi connectivity index (χ1v) is 6.77. The van der Waals surface area contributed by atoms with Crippen molar-refractivity contribution in [1.29, 1.82) is 0 Å². The van der Waals surface area contributed by atoms with Crippen LogP contribution in [0.2, 0.25) is 0 Å². The zero-order valence-electron chi connectivity index (χ0n) is 11.5. The van der Waals surface area contributed by atoms with E-state index in [1.807, 2.05) is 36.4 Å². The lowest BCUT2D eigenvalue weighted by Crippen LogP contribution is -2.06. The van der Waals surface area contributed by atoms with Crippen LogP contribution in [0.1, 0.15) is 11.3 Å². The molecule has 2 heterocycles. The zero-order chi connectivity index (χ0) is 14.3. The van der Waals surface area contributed by atoms with Crippen molar-refractivity contribution in [3.05, 3.63) is 72.3 Å². The minimum atomic E-state index is 0.565. The summed E-state index contributed by atoms with van der Waals surface area (Å²) in [6, 6.07) is 15.8. The van der Waals surface area contributed by atoms with Gasteiger partial charge in [-0.2, -0.15) is 4.98 Å². The van der Waals surface area contributed by atoms with E-state index in [4.69, 9.17) is 4.42 Å². The first-order chi connectivity index (χ1) is 10.4. The van der Waals surface area contributed by atoms with Gasteiger partial charge in [-0.15, -0.1) is 0 Å². The quantitative estimate of drug-likeness (QED) is 0.725. The van der Waals surface area contributed by atoms with Crippen molar-refractivity contribution in [2.75, 3.05) is 10.6 Å². The van der Waals surface area contributed by atoms with Crippen LogP contribution in [0.15, 0.2) is 65.4 Å². The Kier molecular flexibility index (Phi) is 4.12. The van der Waals surface area contributed by atoms with Crippen molar-refractivity contribution in [3.63, 3.8) is 0 Å². The number of nitrogens with one attached hydrogen (secondary N) is 2. The number of aromatic nitrogens is 2. The van der Waals surface area contributed by atoms with Gasteiger partial charge in [0, 0.05) is 12.7 Å². The van der Waals surface area contributed by atoms with Gasteiger partial charge in [-0.3, -0.25) is 0 Å². The molecule has 106 valence electrons. The Morgan fingerprint density at radius 2 is 1.81 bits per heavy atom. The molecule has 5 heteroatoms. The van der Waals surface area contributed by atoms with Gasteiger partial charge >= 0.3 is 0 Å². The van der Waals surface area contributed by atoms with E-state index in [0.717, 1.165) is 18.1 Å². The third-order valence-corrected chi connectivity index (χ3v) is 2.97. The molecule has 0 unspecified atom stereocenters. The van der Waals surface area contributed by atoms with Crippen molar-refractivity contribution in [2.24, 2.45) is 0 Å². The lowest BCUT2D eigenvalue weighted by atomic mass is 10.2. The first-order valence-electron chi connectivity index (χ1n) is 6.77. The second kappa shape index (κ2) is 6.56. The Balaban J connectivity index is 1.58. The van der Waals surface area contributed by atoms with Crippen LogP contribution in [0.3, 0.4) is 0 Å². The lowest BCUT2D eigenvalue weighted by Gasteiger charge is -2.07. The Hall–Kier alpha value is -2.82. The molecule has 0 spiro atoms. The molecule has 0 atom stereocenters. The molecular formula is C16H16N4O. The second-order valence-corrected chi connectivity index (χ2v) is 4.54. The SMILES string of the molecule is c1ccc(CNc2ccnc(NCc3ccco3)n2)cc1. The summed E-state index contributed by atoms with van der Waals surface area (Å²) in [5.41, 5.74) is 1.21. The number of hydrogen-bond donors (Lipinski definition) is 2. The molecule has 21 heavy (non-hydrogen) atoms. The maximum absolute atomic E-state index is 5.26. The summed E-state index contributed by atoms with van der Waals surface area (Å²) in [6.45, 7) is 1.30. The highest BCUT2D eigenvalue weighted by Gasteiger charge is 2.01. The average Bonchev–Trinajstić information content (AvgIpc) is 3.06. The molecule has 2 N–H and O–H groups in total. The predicted molar refractivity (Wildman–Crippen MR) is 81.8 cm³/mol. The molecule has 0 aliphatic heterocycles. The molecule has 0 amide bonds. The molecule has 0 radical (unpaired) electrons. The summed E-state index contributed by atoms with van der Waals surface area (Å²) in [6.07, 6.45) is 3.38. The van der Waals surface area contributed by atoms with Crippen LogP contribution in [0, 0.1) is 0 Å².